The van der Waals surface area contributed by atoms with Gasteiger partial charge in [0.15, 0.2) is 11.5 Å². The maximum Gasteiger partial charge on any atom is 0.254 e. The zero-order valence-electron chi connectivity index (χ0n) is 14.3. The molecule has 2 aromatic rings. The minimum atomic E-state index is -0.0891. The van der Waals surface area contributed by atoms with Crippen molar-refractivity contribution in [2.24, 2.45) is 0 Å². The fraction of sp³-hybridized carbons (Fsp3) is 0.316. The van der Waals surface area contributed by atoms with Crippen molar-refractivity contribution >= 4 is 29.1 Å². The number of halogens is 2. The second-order valence-corrected chi connectivity index (χ2v) is 6.86. The Kier molecular flexibility index (Phi) is 5.11. The van der Waals surface area contributed by atoms with Crippen molar-refractivity contribution < 1.29 is 14.3 Å². The van der Waals surface area contributed by atoms with Crippen LogP contribution in [0.4, 0.5) is 0 Å². The van der Waals surface area contributed by atoms with Gasteiger partial charge in [0.25, 0.3) is 5.91 Å². The summed E-state index contributed by atoms with van der Waals surface area (Å²) in [5.74, 6) is 1.28. The van der Waals surface area contributed by atoms with E-state index >= 15 is 0 Å². The molecule has 4 nitrogen and oxygen atoms in total. The summed E-state index contributed by atoms with van der Waals surface area (Å²) in [6.45, 7) is 2.63. The number of rotatable bonds is 3. The molecule has 1 aliphatic heterocycles. The number of fused-ring (bicyclic) bond motifs is 1. The third-order valence-electron chi connectivity index (χ3n) is 4.56. The Bertz CT molecular complexity index is 802. The molecule has 0 spiro atoms. The normalized spacial score (nSPS) is 16.4. The van der Waals surface area contributed by atoms with Gasteiger partial charge in [-0.2, -0.15) is 0 Å². The van der Waals surface area contributed by atoms with Crippen molar-refractivity contribution in [3.63, 3.8) is 0 Å². The van der Waals surface area contributed by atoms with Gasteiger partial charge in [0.2, 0.25) is 0 Å². The number of nitrogens with zero attached hydrogens (tertiary/aromatic N) is 1. The summed E-state index contributed by atoms with van der Waals surface area (Å²) in [5, 5.41) is 0.902. The predicted octanol–water partition coefficient (Wildman–Crippen LogP) is 4.77. The second-order valence-electron chi connectivity index (χ2n) is 5.99. The van der Waals surface area contributed by atoms with Crippen LogP contribution in [0.25, 0.3) is 0 Å². The molecule has 0 aliphatic carbocycles. The third kappa shape index (κ3) is 3.42. The maximum atomic E-state index is 13.0. The van der Waals surface area contributed by atoms with Crippen LogP contribution in [0.3, 0.4) is 0 Å². The number of carbonyl (C=O) groups is 1. The molecule has 0 radical (unpaired) electrons. The predicted molar refractivity (Wildman–Crippen MR) is 99.2 cm³/mol. The lowest BCUT2D eigenvalue weighted by Crippen LogP contribution is -2.38. The van der Waals surface area contributed by atoms with E-state index in [0.29, 0.717) is 33.7 Å². The highest BCUT2D eigenvalue weighted by atomic mass is 35.5. The highest BCUT2D eigenvalue weighted by molar-refractivity contribution is 6.35. The van der Waals surface area contributed by atoms with Gasteiger partial charge in [-0.25, -0.2) is 0 Å². The quantitative estimate of drug-likeness (QED) is 0.770. The first-order valence-corrected chi connectivity index (χ1v) is 8.72. The van der Waals surface area contributed by atoms with Crippen LogP contribution in [0.15, 0.2) is 30.3 Å². The number of benzene rings is 2. The Morgan fingerprint density at radius 2 is 1.64 bits per heavy atom. The van der Waals surface area contributed by atoms with E-state index in [4.69, 9.17) is 32.7 Å². The molecule has 0 fully saturated rings. The summed E-state index contributed by atoms with van der Waals surface area (Å²) in [5.41, 5.74) is 2.72. The molecule has 3 rings (SSSR count). The van der Waals surface area contributed by atoms with Crippen LogP contribution in [0.5, 0.6) is 11.5 Å². The molecule has 1 aliphatic rings. The average molecular weight is 380 g/mol. The van der Waals surface area contributed by atoms with Gasteiger partial charge >= 0.3 is 0 Å². The molecule has 1 atom stereocenters. The van der Waals surface area contributed by atoms with Crippen LogP contribution in [0, 0.1) is 0 Å². The number of hydrogen-bond donors (Lipinski definition) is 0. The number of amides is 1. The van der Waals surface area contributed by atoms with Crippen LogP contribution in [-0.2, 0) is 6.42 Å². The van der Waals surface area contributed by atoms with Crippen molar-refractivity contribution in [1.82, 2.24) is 4.90 Å². The van der Waals surface area contributed by atoms with Gasteiger partial charge in [0.05, 0.1) is 20.3 Å². The summed E-state index contributed by atoms with van der Waals surface area (Å²) >= 11 is 12.1. The van der Waals surface area contributed by atoms with Crippen LogP contribution < -0.4 is 9.47 Å². The van der Waals surface area contributed by atoms with Crippen molar-refractivity contribution in [1.29, 1.82) is 0 Å². The van der Waals surface area contributed by atoms with Gasteiger partial charge in [-0.3, -0.25) is 4.79 Å². The van der Waals surface area contributed by atoms with Crippen molar-refractivity contribution in [2.45, 2.75) is 19.4 Å². The van der Waals surface area contributed by atoms with Crippen LogP contribution in [0.2, 0.25) is 10.0 Å². The summed E-state index contributed by atoms with van der Waals surface area (Å²) in [6.07, 6.45) is 0.750. The molecule has 1 unspecified atom stereocenters. The summed E-state index contributed by atoms with van der Waals surface area (Å²) in [4.78, 5) is 14.8. The Labute approximate surface area is 157 Å². The number of methoxy groups -OCH3 is 2. The van der Waals surface area contributed by atoms with E-state index in [-0.39, 0.29) is 11.9 Å². The topological polar surface area (TPSA) is 38.8 Å². The van der Waals surface area contributed by atoms with E-state index in [0.717, 1.165) is 12.0 Å². The molecule has 132 valence electrons. The fourth-order valence-corrected chi connectivity index (χ4v) is 3.79. The molecule has 25 heavy (non-hydrogen) atoms. The van der Waals surface area contributed by atoms with E-state index in [1.54, 1.807) is 32.4 Å². The van der Waals surface area contributed by atoms with E-state index in [1.807, 2.05) is 24.0 Å². The van der Waals surface area contributed by atoms with Gasteiger partial charge in [-0.1, -0.05) is 23.2 Å². The first kappa shape index (κ1) is 17.9. The Morgan fingerprint density at radius 3 is 2.24 bits per heavy atom. The molecule has 0 N–H and O–H groups in total. The van der Waals surface area contributed by atoms with Crippen molar-refractivity contribution in [3.05, 3.63) is 57.1 Å². The average Bonchev–Trinajstić information content (AvgIpc) is 2.59. The molecule has 6 heteroatoms. The van der Waals surface area contributed by atoms with Crippen LogP contribution in [0.1, 0.15) is 34.5 Å². The monoisotopic (exact) mass is 379 g/mol. The molecule has 2 aromatic carbocycles. The van der Waals surface area contributed by atoms with E-state index < -0.39 is 0 Å². The molecule has 0 saturated heterocycles. The lowest BCUT2D eigenvalue weighted by Gasteiger charge is -2.36. The van der Waals surface area contributed by atoms with Crippen molar-refractivity contribution in [2.75, 3.05) is 20.8 Å². The largest absolute Gasteiger partial charge is 0.493 e. The minimum absolute atomic E-state index is 0.0858. The fourth-order valence-electron chi connectivity index (χ4n) is 3.27. The van der Waals surface area contributed by atoms with Crippen molar-refractivity contribution in [3.8, 4) is 11.5 Å². The Balaban J connectivity index is 1.95. The van der Waals surface area contributed by atoms with E-state index in [1.165, 1.54) is 5.56 Å². The Hall–Kier alpha value is -1.91. The number of hydrogen-bond acceptors (Lipinski definition) is 3. The van der Waals surface area contributed by atoms with Gasteiger partial charge in [0, 0.05) is 22.2 Å². The van der Waals surface area contributed by atoms with Gasteiger partial charge in [0.1, 0.15) is 0 Å². The molecular formula is C19H19Cl2NO3. The molecule has 1 heterocycles. The van der Waals surface area contributed by atoms with E-state index in [2.05, 4.69) is 0 Å². The highest BCUT2D eigenvalue weighted by Gasteiger charge is 2.30. The highest BCUT2D eigenvalue weighted by Crippen LogP contribution is 2.38. The Morgan fingerprint density at radius 1 is 1.04 bits per heavy atom. The maximum absolute atomic E-state index is 13.0. The third-order valence-corrected chi connectivity index (χ3v) is 4.99. The van der Waals surface area contributed by atoms with Gasteiger partial charge in [-0.15, -0.1) is 0 Å². The number of carbonyl (C=O) groups excluding carboxylic acids is 1. The SMILES string of the molecule is COc1cc2c(cc1OC)C(C)N(C(=O)c1cc(Cl)cc(Cl)c1)CC2. The van der Waals surface area contributed by atoms with E-state index in [9.17, 15) is 4.79 Å². The first-order chi connectivity index (χ1) is 11.9. The summed E-state index contributed by atoms with van der Waals surface area (Å²) in [7, 11) is 3.23. The molecule has 0 bridgehead atoms. The minimum Gasteiger partial charge on any atom is -0.493 e. The van der Waals surface area contributed by atoms with Crippen LogP contribution in [-0.4, -0.2) is 31.6 Å². The first-order valence-electron chi connectivity index (χ1n) is 7.96. The smallest absolute Gasteiger partial charge is 0.254 e. The molecule has 1 amide bonds. The van der Waals surface area contributed by atoms with Crippen LogP contribution >= 0.6 is 23.2 Å². The second kappa shape index (κ2) is 7.14. The molecule has 0 aromatic heterocycles. The summed E-state index contributed by atoms with van der Waals surface area (Å²) < 4.78 is 10.8. The standard InChI is InChI=1S/C19H19Cl2NO3/c1-11-16-10-18(25-3)17(24-2)8-12(16)4-5-22(11)19(23)13-6-14(20)9-15(21)7-13/h6-11H,4-5H2,1-3H3. The molecular weight excluding hydrogens is 361 g/mol. The van der Waals surface area contributed by atoms with Gasteiger partial charge in [-0.05, 0) is 54.8 Å². The zero-order chi connectivity index (χ0) is 18.1. The number of ether oxygens (including phenoxy) is 2. The molecule has 0 saturated carbocycles. The zero-order valence-corrected chi connectivity index (χ0v) is 15.8. The lowest BCUT2D eigenvalue weighted by molar-refractivity contribution is 0.0677. The summed E-state index contributed by atoms with van der Waals surface area (Å²) in [6, 6.07) is 8.76. The lowest BCUT2D eigenvalue weighted by atomic mass is 9.92. The van der Waals surface area contributed by atoms with Gasteiger partial charge < -0.3 is 14.4 Å².